The Hall–Kier alpha value is -3.45. The Labute approximate surface area is 258 Å². The number of likely N-dealkylation sites (N-methyl/N-ethyl adjacent to an activating group) is 1. The van der Waals surface area contributed by atoms with Gasteiger partial charge in [0.1, 0.15) is 6.10 Å². The van der Waals surface area contributed by atoms with Crippen LogP contribution in [0.3, 0.4) is 0 Å². The van der Waals surface area contributed by atoms with Crippen molar-refractivity contribution in [1.82, 2.24) is 34.3 Å². The Bertz CT molecular complexity index is 1370. The van der Waals surface area contributed by atoms with E-state index in [2.05, 4.69) is 10.6 Å². The summed E-state index contributed by atoms with van der Waals surface area (Å²) in [4.78, 5) is 41.5. The zero-order valence-corrected chi connectivity index (χ0v) is 25.9. The molecule has 2 amide bonds. The van der Waals surface area contributed by atoms with E-state index in [0.29, 0.717) is 49.9 Å². The van der Waals surface area contributed by atoms with Gasteiger partial charge < -0.3 is 34.8 Å². The summed E-state index contributed by atoms with van der Waals surface area (Å²) in [5, 5.41) is 11.9. The summed E-state index contributed by atoms with van der Waals surface area (Å²) < 4.78 is 13.4. The molecule has 0 aromatic carbocycles. The van der Waals surface area contributed by atoms with Crippen LogP contribution in [0.5, 0.6) is 0 Å². The zero-order chi connectivity index (χ0) is 30.2. The van der Waals surface area contributed by atoms with Gasteiger partial charge in [-0.15, -0.1) is 0 Å². The summed E-state index contributed by atoms with van der Waals surface area (Å²) in [6.07, 6.45) is 13.4. The Morgan fingerprint density at radius 1 is 1.02 bits per heavy atom. The number of aromatic nitrogens is 4. The lowest BCUT2D eigenvalue weighted by Gasteiger charge is -2.39. The molecule has 5 fully saturated rings. The number of amides is 2. The van der Waals surface area contributed by atoms with Crippen LogP contribution in [-0.2, 0) is 14.3 Å². The van der Waals surface area contributed by atoms with Gasteiger partial charge in [-0.1, -0.05) is 6.08 Å². The monoisotopic (exact) mass is 607 g/mol. The highest BCUT2D eigenvalue weighted by Gasteiger charge is 2.45. The Balaban J connectivity index is 0.988. The van der Waals surface area contributed by atoms with Crippen LogP contribution >= 0.6 is 0 Å². The van der Waals surface area contributed by atoms with Gasteiger partial charge >= 0.3 is 6.09 Å². The van der Waals surface area contributed by atoms with Crippen molar-refractivity contribution in [2.75, 3.05) is 57.6 Å². The summed E-state index contributed by atoms with van der Waals surface area (Å²) in [5.74, 6) is 1.84. The van der Waals surface area contributed by atoms with E-state index in [0.717, 1.165) is 57.4 Å². The number of nitrogens with one attached hydrogen (secondary N) is 2. The molecule has 4 aliphatic heterocycles. The van der Waals surface area contributed by atoms with Crippen LogP contribution in [0, 0.1) is 0 Å². The fourth-order valence-electron chi connectivity index (χ4n) is 7.23. The third-order valence-electron chi connectivity index (χ3n) is 9.70. The highest BCUT2D eigenvalue weighted by Crippen LogP contribution is 2.42. The summed E-state index contributed by atoms with van der Waals surface area (Å²) in [5.41, 5.74) is 2.07. The van der Waals surface area contributed by atoms with Crippen LogP contribution in [0.25, 0.3) is 5.65 Å². The minimum Gasteiger partial charge on any atom is -0.444 e. The van der Waals surface area contributed by atoms with Crippen molar-refractivity contribution in [3.63, 3.8) is 0 Å². The standard InChI is InChI=1S/C31H45N9O4/c1-37(2)12-3-4-27(41)38-13-9-25(19-38)44-31(42)39-23-7-8-24(39)17-22(16-23)34-30-36-29(33-21-10-14-43-15-11-21)35-28-26(20-5-6-20)18-32-40(28)30/h3-4,18,20-25H,5-17,19H2,1-2H3,(H2,33,34,35,36)/b4-3+. The molecule has 7 rings (SSSR count). The summed E-state index contributed by atoms with van der Waals surface area (Å²) >= 11 is 0. The van der Waals surface area contributed by atoms with Gasteiger partial charge in [-0.2, -0.15) is 19.6 Å². The van der Waals surface area contributed by atoms with Crippen molar-refractivity contribution in [1.29, 1.82) is 0 Å². The molecule has 238 valence electrons. The Morgan fingerprint density at radius 2 is 1.80 bits per heavy atom. The first-order chi connectivity index (χ1) is 21.4. The largest absolute Gasteiger partial charge is 0.444 e. The van der Waals surface area contributed by atoms with E-state index in [9.17, 15) is 9.59 Å². The summed E-state index contributed by atoms with van der Waals surface area (Å²) in [7, 11) is 3.93. The third kappa shape index (κ3) is 6.35. The van der Waals surface area contributed by atoms with Crippen molar-refractivity contribution in [2.45, 2.75) is 94.0 Å². The molecule has 44 heavy (non-hydrogen) atoms. The molecule has 2 aromatic rings. The Kier molecular flexibility index (Phi) is 8.32. The number of hydrogen-bond acceptors (Lipinski definition) is 10. The number of rotatable bonds is 9. The smallest absolute Gasteiger partial charge is 0.410 e. The molecule has 0 radical (unpaired) electrons. The van der Waals surface area contributed by atoms with Gasteiger partial charge in [0.2, 0.25) is 17.8 Å². The van der Waals surface area contributed by atoms with Crippen LogP contribution in [-0.4, -0.2) is 123 Å². The normalized spacial score (nSPS) is 27.5. The Morgan fingerprint density at radius 3 is 2.52 bits per heavy atom. The van der Waals surface area contributed by atoms with E-state index in [-0.39, 0.29) is 36.2 Å². The van der Waals surface area contributed by atoms with Crippen LogP contribution in [0.1, 0.15) is 69.3 Å². The number of ether oxygens (including phenoxy) is 2. The van der Waals surface area contributed by atoms with Gasteiger partial charge in [-0.3, -0.25) is 4.79 Å². The van der Waals surface area contributed by atoms with Crippen LogP contribution in [0.15, 0.2) is 18.3 Å². The highest BCUT2D eigenvalue weighted by molar-refractivity contribution is 5.87. The van der Waals surface area contributed by atoms with E-state index in [4.69, 9.17) is 24.5 Å². The molecule has 13 heteroatoms. The number of piperidine rings is 1. The minimum absolute atomic E-state index is 0.0243. The molecule has 2 bridgehead atoms. The molecule has 1 aliphatic carbocycles. The van der Waals surface area contributed by atoms with E-state index in [1.807, 2.05) is 40.7 Å². The SMILES string of the molecule is CN(C)C/C=C/C(=O)N1CCC(OC(=O)N2C3CCC2CC(Nc2nc(NC4CCOCC4)nc4c(C5CC5)cnn24)C3)C1. The molecule has 2 N–H and O–H groups in total. The second-order valence-corrected chi connectivity index (χ2v) is 13.4. The maximum atomic E-state index is 13.4. The second-order valence-electron chi connectivity index (χ2n) is 13.4. The topological polar surface area (TPSA) is 129 Å². The number of carbonyl (C=O) groups excluding carboxylic acids is 2. The lowest BCUT2D eigenvalue weighted by atomic mass is 9.98. The number of carbonyl (C=O) groups is 2. The lowest BCUT2D eigenvalue weighted by molar-refractivity contribution is -0.125. The average molecular weight is 608 g/mol. The lowest BCUT2D eigenvalue weighted by Crippen LogP contribution is -2.50. The van der Waals surface area contributed by atoms with E-state index in [1.165, 1.54) is 18.4 Å². The van der Waals surface area contributed by atoms with Gasteiger partial charge in [0.15, 0.2) is 5.65 Å². The molecule has 3 unspecified atom stereocenters. The van der Waals surface area contributed by atoms with Crippen molar-refractivity contribution in [3.8, 4) is 0 Å². The molecule has 6 heterocycles. The van der Waals surface area contributed by atoms with Crippen molar-refractivity contribution < 1.29 is 19.1 Å². The van der Waals surface area contributed by atoms with Crippen molar-refractivity contribution >= 4 is 29.5 Å². The number of nitrogens with zero attached hydrogens (tertiary/aromatic N) is 7. The van der Waals surface area contributed by atoms with Crippen molar-refractivity contribution in [2.24, 2.45) is 0 Å². The second kappa shape index (κ2) is 12.5. The quantitative estimate of drug-likeness (QED) is 0.411. The van der Waals surface area contributed by atoms with Gasteiger partial charge in [-0.25, -0.2) is 4.79 Å². The first-order valence-electron chi connectivity index (χ1n) is 16.4. The van der Waals surface area contributed by atoms with Gasteiger partial charge in [0.05, 0.1) is 12.7 Å². The summed E-state index contributed by atoms with van der Waals surface area (Å²) in [6.45, 7) is 3.27. The molecule has 5 aliphatic rings. The van der Waals surface area contributed by atoms with Crippen molar-refractivity contribution in [3.05, 3.63) is 23.9 Å². The molecule has 4 saturated heterocycles. The molecular formula is C31H45N9O4. The fraction of sp³-hybridized carbons (Fsp3) is 0.710. The molecule has 13 nitrogen and oxygen atoms in total. The molecule has 1 saturated carbocycles. The average Bonchev–Trinajstić information content (AvgIpc) is 3.46. The molecule has 2 aromatic heterocycles. The number of likely N-dealkylation sites (tertiary alicyclic amines) is 1. The van der Waals surface area contributed by atoms with Crippen LogP contribution in [0.4, 0.5) is 16.7 Å². The molecule has 3 atom stereocenters. The van der Waals surface area contributed by atoms with E-state index < -0.39 is 0 Å². The maximum absolute atomic E-state index is 13.4. The van der Waals surface area contributed by atoms with E-state index >= 15 is 0 Å². The van der Waals surface area contributed by atoms with Crippen LogP contribution in [0.2, 0.25) is 0 Å². The number of anilines is 2. The number of hydrogen-bond donors (Lipinski definition) is 2. The van der Waals surface area contributed by atoms with Gasteiger partial charge in [0, 0.05) is 68.5 Å². The predicted molar refractivity (Wildman–Crippen MR) is 165 cm³/mol. The zero-order valence-electron chi connectivity index (χ0n) is 25.9. The number of fused-ring (bicyclic) bond motifs is 3. The third-order valence-corrected chi connectivity index (χ3v) is 9.70. The van der Waals surface area contributed by atoms with Gasteiger partial charge in [0.25, 0.3) is 0 Å². The van der Waals surface area contributed by atoms with E-state index in [1.54, 1.807) is 11.0 Å². The van der Waals surface area contributed by atoms with Crippen LogP contribution < -0.4 is 10.6 Å². The highest BCUT2D eigenvalue weighted by atomic mass is 16.6. The maximum Gasteiger partial charge on any atom is 0.410 e. The molecular weight excluding hydrogens is 562 g/mol. The fourth-order valence-corrected chi connectivity index (χ4v) is 7.23. The minimum atomic E-state index is -0.264. The first kappa shape index (κ1) is 29.3. The first-order valence-corrected chi connectivity index (χ1v) is 16.4. The molecule has 0 spiro atoms. The summed E-state index contributed by atoms with van der Waals surface area (Å²) in [6, 6.07) is 0.682. The predicted octanol–water partition coefficient (Wildman–Crippen LogP) is 2.86. The van der Waals surface area contributed by atoms with Gasteiger partial charge in [-0.05, 0) is 71.4 Å².